The second kappa shape index (κ2) is 23.4. The molecule has 0 aliphatic carbocycles. The molecule has 0 aromatic heterocycles. The molecule has 0 aromatic rings. The van der Waals surface area contributed by atoms with E-state index in [-0.39, 0.29) is 6.42 Å². The lowest BCUT2D eigenvalue weighted by atomic mass is 10.1. The number of carbonyl (C=O) groups is 2. The van der Waals surface area contributed by atoms with Gasteiger partial charge in [-0.15, -0.1) is 0 Å². The Balaban J connectivity index is 0. The van der Waals surface area contributed by atoms with Gasteiger partial charge in [0.15, 0.2) is 0 Å². The van der Waals surface area contributed by atoms with Crippen LogP contribution in [0.2, 0.25) is 0 Å². The quantitative estimate of drug-likeness (QED) is 0.233. The van der Waals surface area contributed by atoms with E-state index in [1.165, 1.54) is 32.1 Å². The van der Waals surface area contributed by atoms with E-state index in [2.05, 4.69) is 38.2 Å². The van der Waals surface area contributed by atoms with Gasteiger partial charge in [0.05, 0.1) is 0 Å². The normalized spacial score (nSPS) is 10.8. The monoisotopic (exact) mass is 368 g/mol. The highest BCUT2D eigenvalue weighted by molar-refractivity contribution is 5.66. The molecule has 0 unspecified atom stereocenters. The summed E-state index contributed by atoms with van der Waals surface area (Å²) in [5, 5.41) is 16.7. The molecule has 0 atom stereocenters. The number of allylic oxidation sites excluding steroid dienone is 4. The van der Waals surface area contributed by atoms with Gasteiger partial charge in [0, 0.05) is 12.8 Å². The Bertz CT molecular complexity index is 372. The number of aliphatic carboxylic acids is 2. The molecule has 0 aliphatic rings. The first-order valence-electron chi connectivity index (χ1n) is 10.3. The maximum Gasteiger partial charge on any atom is 0.303 e. The maximum atomic E-state index is 10.2. The zero-order chi connectivity index (χ0) is 19.9. The fourth-order valence-corrected chi connectivity index (χ4v) is 2.20. The SMILES string of the molecule is CCCCC=CCCCC(=O)O.CCCCC=CCCCCCC(=O)O. The Morgan fingerprint density at radius 2 is 0.962 bits per heavy atom. The zero-order valence-corrected chi connectivity index (χ0v) is 16.9. The van der Waals surface area contributed by atoms with Gasteiger partial charge in [-0.25, -0.2) is 0 Å². The molecule has 0 aromatic carbocycles. The van der Waals surface area contributed by atoms with E-state index >= 15 is 0 Å². The van der Waals surface area contributed by atoms with Crippen LogP contribution in [0.3, 0.4) is 0 Å². The zero-order valence-electron chi connectivity index (χ0n) is 16.9. The van der Waals surface area contributed by atoms with Crippen molar-refractivity contribution in [2.75, 3.05) is 0 Å². The molecule has 0 saturated carbocycles. The fourth-order valence-electron chi connectivity index (χ4n) is 2.20. The van der Waals surface area contributed by atoms with Crippen LogP contribution in [0.5, 0.6) is 0 Å². The van der Waals surface area contributed by atoms with Gasteiger partial charge in [-0.2, -0.15) is 0 Å². The summed E-state index contributed by atoms with van der Waals surface area (Å²) in [6.45, 7) is 4.36. The van der Waals surface area contributed by atoms with E-state index in [0.29, 0.717) is 6.42 Å². The number of rotatable bonds is 16. The van der Waals surface area contributed by atoms with Crippen molar-refractivity contribution >= 4 is 11.9 Å². The molecule has 0 aliphatic heterocycles. The lowest BCUT2D eigenvalue weighted by molar-refractivity contribution is -0.138. The third-order valence-corrected chi connectivity index (χ3v) is 3.80. The average molecular weight is 369 g/mol. The standard InChI is InChI=1S/C12H22O2.C10H18O2/c1-2-3-4-5-6-7-8-9-10-11-12(13)14;1-2-3-4-5-6-7-8-9-10(11)12/h5-6H,2-4,7-11H2,1H3,(H,13,14);5-6H,2-4,7-9H2,1H3,(H,11,12). The minimum Gasteiger partial charge on any atom is -0.481 e. The first-order valence-corrected chi connectivity index (χ1v) is 10.3. The third-order valence-electron chi connectivity index (χ3n) is 3.80. The maximum absolute atomic E-state index is 10.2. The van der Waals surface area contributed by atoms with Crippen molar-refractivity contribution < 1.29 is 19.8 Å². The molecular formula is C22H40O4. The lowest BCUT2D eigenvalue weighted by Crippen LogP contribution is -1.93. The van der Waals surface area contributed by atoms with Crippen LogP contribution in [0.4, 0.5) is 0 Å². The van der Waals surface area contributed by atoms with Crippen molar-refractivity contribution in [2.45, 2.75) is 104 Å². The van der Waals surface area contributed by atoms with E-state index in [1.807, 2.05) is 0 Å². The lowest BCUT2D eigenvalue weighted by Gasteiger charge is -1.95. The molecule has 0 fully saturated rings. The number of unbranched alkanes of at least 4 members (excludes halogenated alkanes) is 8. The van der Waals surface area contributed by atoms with Gasteiger partial charge in [-0.1, -0.05) is 70.3 Å². The summed E-state index contributed by atoms with van der Waals surface area (Å²) in [5.74, 6) is -1.37. The van der Waals surface area contributed by atoms with Crippen LogP contribution >= 0.6 is 0 Å². The molecule has 2 N–H and O–H groups in total. The van der Waals surface area contributed by atoms with E-state index in [4.69, 9.17) is 10.2 Å². The summed E-state index contributed by atoms with van der Waals surface area (Å²) in [6, 6.07) is 0. The molecule has 4 heteroatoms. The van der Waals surface area contributed by atoms with Crippen molar-refractivity contribution in [2.24, 2.45) is 0 Å². The molecule has 0 heterocycles. The summed E-state index contributed by atoms with van der Waals surface area (Å²) in [4.78, 5) is 20.3. The van der Waals surface area contributed by atoms with Crippen molar-refractivity contribution in [3.63, 3.8) is 0 Å². The average Bonchev–Trinajstić information content (AvgIpc) is 2.59. The molecule has 0 amide bonds. The smallest absolute Gasteiger partial charge is 0.303 e. The van der Waals surface area contributed by atoms with Gasteiger partial charge in [-0.3, -0.25) is 9.59 Å². The summed E-state index contributed by atoms with van der Waals surface area (Å²) in [6.07, 6.45) is 22.3. The Morgan fingerprint density at radius 3 is 1.38 bits per heavy atom. The topological polar surface area (TPSA) is 74.6 Å². The molecule has 0 rings (SSSR count). The van der Waals surface area contributed by atoms with Crippen molar-refractivity contribution in [1.29, 1.82) is 0 Å². The molecular weight excluding hydrogens is 328 g/mol. The van der Waals surface area contributed by atoms with Crippen LogP contribution in [-0.2, 0) is 9.59 Å². The highest BCUT2D eigenvalue weighted by Crippen LogP contribution is 2.04. The molecule has 152 valence electrons. The largest absolute Gasteiger partial charge is 0.481 e. The van der Waals surface area contributed by atoms with E-state index in [1.54, 1.807) is 0 Å². The predicted molar refractivity (Wildman–Crippen MR) is 110 cm³/mol. The summed E-state index contributed by atoms with van der Waals surface area (Å²) < 4.78 is 0. The predicted octanol–water partition coefficient (Wildman–Crippen LogP) is 6.76. The van der Waals surface area contributed by atoms with Crippen LogP contribution in [0.1, 0.15) is 104 Å². The molecule has 4 nitrogen and oxygen atoms in total. The van der Waals surface area contributed by atoms with E-state index < -0.39 is 11.9 Å². The van der Waals surface area contributed by atoms with Crippen LogP contribution < -0.4 is 0 Å². The molecule has 0 radical (unpaired) electrons. The van der Waals surface area contributed by atoms with Crippen molar-refractivity contribution in [3.8, 4) is 0 Å². The van der Waals surface area contributed by atoms with Gasteiger partial charge in [-0.05, 0) is 44.9 Å². The molecule has 0 spiro atoms. The van der Waals surface area contributed by atoms with Gasteiger partial charge >= 0.3 is 11.9 Å². The van der Waals surface area contributed by atoms with Gasteiger partial charge in [0.25, 0.3) is 0 Å². The summed E-state index contributed by atoms with van der Waals surface area (Å²) >= 11 is 0. The molecule has 0 saturated heterocycles. The minimum atomic E-state index is -0.697. The first kappa shape index (κ1) is 26.6. The third kappa shape index (κ3) is 30.3. The molecule has 0 bridgehead atoms. The fraction of sp³-hybridized carbons (Fsp3) is 0.727. The van der Waals surface area contributed by atoms with Crippen molar-refractivity contribution in [1.82, 2.24) is 0 Å². The van der Waals surface area contributed by atoms with Gasteiger partial charge in [0.2, 0.25) is 0 Å². The second-order valence-corrected chi connectivity index (χ2v) is 6.51. The van der Waals surface area contributed by atoms with Crippen LogP contribution in [-0.4, -0.2) is 22.2 Å². The summed E-state index contributed by atoms with van der Waals surface area (Å²) in [7, 11) is 0. The Kier molecular flexibility index (Phi) is 24.0. The highest BCUT2D eigenvalue weighted by Gasteiger charge is 1.95. The Hall–Kier alpha value is -1.58. The first-order chi connectivity index (χ1) is 12.5. The Morgan fingerprint density at radius 1 is 0.577 bits per heavy atom. The number of hydrogen-bond acceptors (Lipinski definition) is 2. The second-order valence-electron chi connectivity index (χ2n) is 6.51. The van der Waals surface area contributed by atoms with Gasteiger partial charge < -0.3 is 10.2 Å². The Labute approximate surface area is 160 Å². The highest BCUT2D eigenvalue weighted by atomic mass is 16.4. The van der Waals surface area contributed by atoms with Crippen LogP contribution in [0.15, 0.2) is 24.3 Å². The van der Waals surface area contributed by atoms with Crippen LogP contribution in [0.25, 0.3) is 0 Å². The summed E-state index contributed by atoms with van der Waals surface area (Å²) in [5.41, 5.74) is 0. The van der Waals surface area contributed by atoms with E-state index in [9.17, 15) is 9.59 Å². The number of carboxylic acids is 2. The number of carboxylic acid groups (broad SMARTS) is 2. The number of hydrogen-bond donors (Lipinski definition) is 2. The van der Waals surface area contributed by atoms with Crippen molar-refractivity contribution in [3.05, 3.63) is 24.3 Å². The van der Waals surface area contributed by atoms with E-state index in [0.717, 1.165) is 44.9 Å². The van der Waals surface area contributed by atoms with Crippen LogP contribution in [0, 0.1) is 0 Å². The molecule has 26 heavy (non-hydrogen) atoms. The van der Waals surface area contributed by atoms with Gasteiger partial charge in [0.1, 0.15) is 0 Å². The minimum absolute atomic E-state index is 0.290.